The second-order valence-electron chi connectivity index (χ2n) is 6.14. The molecule has 4 rings (SSSR count). The summed E-state index contributed by atoms with van der Waals surface area (Å²) in [4.78, 5) is 6.45. The number of anilines is 1. The monoisotopic (exact) mass is 354 g/mol. The Bertz CT molecular complexity index is 847. The molecule has 6 heteroatoms. The van der Waals surface area contributed by atoms with Gasteiger partial charge >= 0.3 is 0 Å². The summed E-state index contributed by atoms with van der Waals surface area (Å²) in [5.41, 5.74) is 7.81. The molecule has 2 aromatic rings. The number of ether oxygens (including phenoxy) is 1. The van der Waals surface area contributed by atoms with Gasteiger partial charge in [-0.25, -0.2) is 4.98 Å². The molecule has 1 aromatic carbocycles. The molecular weight excluding hydrogens is 336 g/mol. The van der Waals surface area contributed by atoms with Crippen LogP contribution in [0.15, 0.2) is 60.7 Å². The Balaban J connectivity index is 1.71. The van der Waals surface area contributed by atoms with E-state index < -0.39 is 0 Å². The summed E-state index contributed by atoms with van der Waals surface area (Å²) >= 11 is 6.02. The van der Waals surface area contributed by atoms with Crippen molar-refractivity contribution in [3.63, 3.8) is 0 Å². The fraction of sp³-hybridized carbons (Fsp3) is 0.211. The Morgan fingerprint density at radius 3 is 2.80 bits per heavy atom. The van der Waals surface area contributed by atoms with Crippen LogP contribution in [0.25, 0.3) is 5.57 Å². The lowest BCUT2D eigenvalue weighted by Crippen LogP contribution is -2.47. The number of fused-ring (bicyclic) bond motifs is 1. The van der Waals surface area contributed by atoms with Crippen molar-refractivity contribution < 1.29 is 4.74 Å². The molecule has 0 spiro atoms. The molecule has 0 radical (unpaired) electrons. The Hall–Kier alpha value is -2.66. The molecule has 5 nitrogen and oxygen atoms in total. The number of rotatable bonds is 3. The number of benzene rings is 1. The van der Waals surface area contributed by atoms with E-state index in [1.54, 1.807) is 13.3 Å². The summed E-state index contributed by atoms with van der Waals surface area (Å²) in [5, 5.41) is 2.93. The predicted octanol–water partition coefficient (Wildman–Crippen LogP) is 3.65. The number of hydrogen-bond donors (Lipinski definition) is 1. The molecule has 1 N–H and O–H groups in total. The van der Waals surface area contributed by atoms with Crippen LogP contribution in [0, 0.1) is 0 Å². The predicted molar refractivity (Wildman–Crippen MR) is 100 cm³/mol. The van der Waals surface area contributed by atoms with Crippen molar-refractivity contribution in [3.8, 4) is 5.88 Å². The smallest absolute Gasteiger partial charge is 0.213 e. The number of nitrogens with one attached hydrogen (secondary N) is 1. The third-order valence-electron chi connectivity index (χ3n) is 4.48. The molecule has 1 atom stereocenters. The van der Waals surface area contributed by atoms with Gasteiger partial charge in [-0.3, -0.25) is 5.01 Å². The summed E-state index contributed by atoms with van der Waals surface area (Å²) in [6.45, 7) is 3.09. The van der Waals surface area contributed by atoms with Crippen LogP contribution in [0.4, 0.5) is 5.69 Å². The van der Waals surface area contributed by atoms with Gasteiger partial charge in [0.25, 0.3) is 0 Å². The fourth-order valence-corrected chi connectivity index (χ4v) is 3.33. The van der Waals surface area contributed by atoms with Crippen molar-refractivity contribution in [2.75, 3.05) is 18.6 Å². The molecule has 0 aliphatic carbocycles. The van der Waals surface area contributed by atoms with Crippen molar-refractivity contribution >= 4 is 22.9 Å². The third-order valence-corrected chi connectivity index (χ3v) is 4.73. The second-order valence-corrected chi connectivity index (χ2v) is 6.57. The summed E-state index contributed by atoms with van der Waals surface area (Å²) < 4.78 is 5.26. The van der Waals surface area contributed by atoms with Crippen LogP contribution in [0.5, 0.6) is 5.88 Å². The van der Waals surface area contributed by atoms with Gasteiger partial charge in [0.1, 0.15) is 0 Å². The lowest BCUT2D eigenvalue weighted by Gasteiger charge is -2.38. The number of hydrogen-bond acceptors (Lipinski definition) is 5. The Morgan fingerprint density at radius 1 is 1.24 bits per heavy atom. The van der Waals surface area contributed by atoms with E-state index in [0.29, 0.717) is 11.9 Å². The Labute approximate surface area is 152 Å². The lowest BCUT2D eigenvalue weighted by atomic mass is 10.0. The number of methoxy groups -OCH3 is 1. The van der Waals surface area contributed by atoms with Gasteiger partial charge in [0, 0.05) is 47.5 Å². The number of hydrazine groups is 1. The first-order chi connectivity index (χ1) is 12.2. The molecular formula is C19H19ClN4O. The highest BCUT2D eigenvalue weighted by atomic mass is 35.5. The molecule has 0 bridgehead atoms. The van der Waals surface area contributed by atoms with E-state index in [-0.39, 0.29) is 0 Å². The van der Waals surface area contributed by atoms with Crippen molar-refractivity contribution in [2.45, 2.75) is 13.0 Å². The van der Waals surface area contributed by atoms with E-state index in [2.05, 4.69) is 33.4 Å². The molecule has 2 aliphatic heterocycles. The highest BCUT2D eigenvalue weighted by Gasteiger charge is 2.31. The molecule has 0 saturated heterocycles. The molecule has 0 amide bonds. The second kappa shape index (κ2) is 6.33. The van der Waals surface area contributed by atoms with E-state index in [9.17, 15) is 0 Å². The zero-order valence-electron chi connectivity index (χ0n) is 14.1. The highest BCUT2D eigenvalue weighted by Crippen LogP contribution is 2.35. The molecule has 3 heterocycles. The number of aromatic nitrogens is 1. The largest absolute Gasteiger partial charge is 0.481 e. The van der Waals surface area contributed by atoms with Gasteiger partial charge in [0.15, 0.2) is 0 Å². The van der Waals surface area contributed by atoms with Crippen molar-refractivity contribution in [1.82, 2.24) is 15.4 Å². The molecule has 0 fully saturated rings. The standard InChI is InChI=1S/C19H19ClN4O/c1-13-11-23(16-5-3-15(20)4-6-16)12-18-17(10-22-24(13)18)14-7-8-21-19(9-14)25-2/h3-10,12-13,22H,11H2,1-2H3/t13-/m0/s1. The van der Waals surface area contributed by atoms with E-state index in [1.807, 2.05) is 42.6 Å². The fourth-order valence-electron chi connectivity index (χ4n) is 3.20. The van der Waals surface area contributed by atoms with Gasteiger partial charge in [0.05, 0.1) is 18.8 Å². The zero-order valence-corrected chi connectivity index (χ0v) is 14.9. The first-order valence-corrected chi connectivity index (χ1v) is 8.54. The summed E-state index contributed by atoms with van der Waals surface area (Å²) in [6, 6.07) is 12.2. The first kappa shape index (κ1) is 15.8. The van der Waals surface area contributed by atoms with Gasteiger partial charge < -0.3 is 15.1 Å². The van der Waals surface area contributed by atoms with Gasteiger partial charge in [-0.1, -0.05) is 11.6 Å². The maximum Gasteiger partial charge on any atom is 0.213 e. The van der Waals surface area contributed by atoms with Crippen LogP contribution in [0.2, 0.25) is 5.02 Å². The first-order valence-electron chi connectivity index (χ1n) is 8.16. The molecule has 2 aliphatic rings. The van der Waals surface area contributed by atoms with Gasteiger partial charge in [0.2, 0.25) is 5.88 Å². The minimum absolute atomic E-state index is 0.313. The maximum atomic E-state index is 6.02. The van der Waals surface area contributed by atoms with Crippen molar-refractivity contribution in [2.24, 2.45) is 0 Å². The zero-order chi connectivity index (χ0) is 17.4. The van der Waals surface area contributed by atoms with Crippen LogP contribution >= 0.6 is 11.6 Å². The van der Waals surface area contributed by atoms with Crippen LogP contribution in [-0.2, 0) is 0 Å². The van der Waals surface area contributed by atoms with Crippen LogP contribution in [0.1, 0.15) is 12.5 Å². The van der Waals surface area contributed by atoms with Gasteiger partial charge in [-0.05, 0) is 42.8 Å². The average molecular weight is 355 g/mol. The Morgan fingerprint density at radius 2 is 2.04 bits per heavy atom. The number of nitrogens with zero attached hydrogens (tertiary/aromatic N) is 3. The topological polar surface area (TPSA) is 40.6 Å². The average Bonchev–Trinajstić information content (AvgIpc) is 3.07. The molecule has 128 valence electrons. The van der Waals surface area contributed by atoms with Crippen LogP contribution < -0.4 is 15.1 Å². The summed E-state index contributed by atoms with van der Waals surface area (Å²) in [5.74, 6) is 0.607. The SMILES string of the molecule is COc1cc(C2=CNN3C2=CN(c2ccc(Cl)cc2)C[C@@H]3C)ccn1. The van der Waals surface area contributed by atoms with Crippen molar-refractivity contribution in [3.05, 3.63) is 71.3 Å². The van der Waals surface area contributed by atoms with E-state index >= 15 is 0 Å². The number of halogens is 1. The molecule has 25 heavy (non-hydrogen) atoms. The van der Waals surface area contributed by atoms with E-state index in [1.165, 1.54) is 0 Å². The Kier molecular flexibility index (Phi) is 4.01. The minimum atomic E-state index is 0.313. The van der Waals surface area contributed by atoms with Gasteiger partial charge in [-0.15, -0.1) is 0 Å². The molecule has 0 unspecified atom stereocenters. The third kappa shape index (κ3) is 2.91. The van der Waals surface area contributed by atoms with Crippen LogP contribution in [-0.4, -0.2) is 29.7 Å². The maximum absolute atomic E-state index is 6.02. The molecule has 1 aromatic heterocycles. The van der Waals surface area contributed by atoms with Gasteiger partial charge in [-0.2, -0.15) is 0 Å². The summed E-state index contributed by atoms with van der Waals surface area (Å²) in [7, 11) is 1.63. The molecule has 0 saturated carbocycles. The van der Waals surface area contributed by atoms with Crippen LogP contribution in [0.3, 0.4) is 0 Å². The van der Waals surface area contributed by atoms with E-state index in [4.69, 9.17) is 16.3 Å². The quantitative estimate of drug-likeness (QED) is 0.911. The highest BCUT2D eigenvalue weighted by molar-refractivity contribution is 6.30. The minimum Gasteiger partial charge on any atom is -0.481 e. The lowest BCUT2D eigenvalue weighted by molar-refractivity contribution is 0.232. The summed E-state index contributed by atoms with van der Waals surface area (Å²) in [6.07, 6.45) is 5.96. The van der Waals surface area contributed by atoms with Crippen molar-refractivity contribution in [1.29, 1.82) is 0 Å². The van der Waals surface area contributed by atoms with E-state index in [0.717, 1.165) is 34.1 Å². The normalized spacial score (nSPS) is 19.1. The number of allylic oxidation sites excluding steroid dienone is 1. The number of pyridine rings is 1.